The Bertz CT molecular complexity index is 361. The molecule has 0 saturated carbocycles. The fraction of sp³-hybridized carbons (Fsp3) is 0. The first-order chi connectivity index (χ1) is 5.47. The number of nitrogens with one attached hydrogen (secondary N) is 1. The van der Waals surface area contributed by atoms with E-state index in [1.807, 2.05) is 0 Å². The van der Waals surface area contributed by atoms with Crippen molar-refractivity contribution < 1.29 is 8.42 Å². The molecule has 0 fully saturated rings. The van der Waals surface area contributed by atoms with Gasteiger partial charge in [-0.2, -0.15) is 8.42 Å². The maximum absolute atomic E-state index is 10.5. The van der Waals surface area contributed by atoms with Crippen LogP contribution in [0.4, 0.5) is 5.69 Å². The van der Waals surface area contributed by atoms with Gasteiger partial charge in [0.25, 0.3) is 10.2 Å². The normalized spacial score (nSPS) is 11.2. The molecule has 66 valence electrons. The van der Waals surface area contributed by atoms with Crippen LogP contribution in [0.25, 0.3) is 0 Å². The summed E-state index contributed by atoms with van der Waals surface area (Å²) in [6.07, 6.45) is 1.36. The molecule has 0 saturated heterocycles. The molecule has 1 aromatic heterocycles. The van der Waals surface area contributed by atoms with Crippen LogP contribution < -0.4 is 9.86 Å². The summed E-state index contributed by atoms with van der Waals surface area (Å²) in [5, 5.41) is 4.73. The second kappa shape index (κ2) is 3.38. The Hall–Kier alpha value is -0.660. The smallest absolute Gasteiger partial charge is 0.270 e. The molecule has 0 aliphatic rings. The number of anilines is 1. The Morgan fingerprint density at radius 2 is 2.17 bits per heavy atom. The summed E-state index contributed by atoms with van der Waals surface area (Å²) < 4.78 is 23.7. The third kappa shape index (κ3) is 3.16. The number of pyridine rings is 1. The highest BCUT2D eigenvalue weighted by atomic mass is 79.9. The van der Waals surface area contributed by atoms with Crippen LogP contribution in [0.2, 0.25) is 0 Å². The predicted molar refractivity (Wildman–Crippen MR) is 48.7 cm³/mol. The molecular formula is C5H6BrN3O2S. The van der Waals surface area contributed by atoms with Gasteiger partial charge in [-0.15, -0.1) is 0 Å². The number of nitrogens with two attached hydrogens (primary N) is 1. The number of aromatic nitrogens is 1. The highest BCUT2D eigenvalue weighted by molar-refractivity contribution is 9.10. The highest BCUT2D eigenvalue weighted by Crippen LogP contribution is 2.10. The summed E-state index contributed by atoms with van der Waals surface area (Å²) in [6.45, 7) is 0. The van der Waals surface area contributed by atoms with E-state index in [1.165, 1.54) is 6.20 Å². The molecule has 12 heavy (non-hydrogen) atoms. The van der Waals surface area contributed by atoms with Gasteiger partial charge >= 0.3 is 0 Å². The molecule has 0 radical (unpaired) electrons. The van der Waals surface area contributed by atoms with E-state index in [2.05, 4.69) is 25.6 Å². The average molecular weight is 252 g/mol. The van der Waals surface area contributed by atoms with Gasteiger partial charge in [-0.25, -0.2) is 10.1 Å². The SMILES string of the molecule is NS(=O)(=O)Nc1ccc(Br)nc1. The fourth-order valence-corrected chi connectivity index (χ4v) is 1.28. The number of nitrogens with zero attached hydrogens (tertiary/aromatic N) is 1. The molecule has 5 nitrogen and oxygen atoms in total. The van der Waals surface area contributed by atoms with Crippen molar-refractivity contribution in [1.29, 1.82) is 0 Å². The van der Waals surface area contributed by atoms with E-state index in [-0.39, 0.29) is 0 Å². The zero-order chi connectivity index (χ0) is 9.19. The molecule has 0 aliphatic heterocycles. The minimum absolute atomic E-state index is 0.334. The van der Waals surface area contributed by atoms with Crippen LogP contribution in [0.1, 0.15) is 0 Å². The lowest BCUT2D eigenvalue weighted by Gasteiger charge is -2.01. The van der Waals surface area contributed by atoms with Crippen molar-refractivity contribution in [3.05, 3.63) is 22.9 Å². The van der Waals surface area contributed by atoms with Crippen LogP contribution >= 0.6 is 15.9 Å². The van der Waals surface area contributed by atoms with Gasteiger partial charge in [0.1, 0.15) is 4.60 Å². The minimum atomic E-state index is -3.70. The zero-order valence-electron chi connectivity index (χ0n) is 5.86. The van der Waals surface area contributed by atoms with Gasteiger partial charge in [0, 0.05) is 0 Å². The summed E-state index contributed by atoms with van der Waals surface area (Å²) >= 11 is 3.11. The minimum Gasteiger partial charge on any atom is -0.270 e. The Morgan fingerprint density at radius 1 is 1.50 bits per heavy atom. The third-order valence-corrected chi connectivity index (χ3v) is 1.98. The van der Waals surface area contributed by atoms with Crippen LogP contribution in [-0.2, 0) is 10.2 Å². The molecular weight excluding hydrogens is 246 g/mol. The van der Waals surface area contributed by atoms with Crippen LogP contribution in [0.5, 0.6) is 0 Å². The molecule has 1 aromatic rings. The Morgan fingerprint density at radius 3 is 2.58 bits per heavy atom. The van der Waals surface area contributed by atoms with Crippen LogP contribution in [0, 0.1) is 0 Å². The maximum Gasteiger partial charge on any atom is 0.296 e. The first kappa shape index (κ1) is 9.43. The van der Waals surface area contributed by atoms with Gasteiger partial charge in [0.15, 0.2) is 0 Å². The Labute approximate surface area is 78.3 Å². The molecule has 0 amide bonds. The van der Waals surface area contributed by atoms with E-state index in [9.17, 15) is 8.42 Å². The van der Waals surface area contributed by atoms with Crippen molar-refractivity contribution in [2.45, 2.75) is 0 Å². The third-order valence-electron chi connectivity index (χ3n) is 0.987. The quantitative estimate of drug-likeness (QED) is 0.750. The molecule has 0 unspecified atom stereocenters. The number of hydrogen-bond acceptors (Lipinski definition) is 3. The first-order valence-corrected chi connectivity index (χ1v) is 5.23. The fourth-order valence-electron chi connectivity index (χ4n) is 0.600. The van der Waals surface area contributed by atoms with E-state index in [0.717, 1.165) is 0 Å². The van der Waals surface area contributed by atoms with E-state index < -0.39 is 10.2 Å². The topological polar surface area (TPSA) is 85.1 Å². The molecule has 1 rings (SSSR count). The van der Waals surface area contributed by atoms with Gasteiger partial charge < -0.3 is 0 Å². The monoisotopic (exact) mass is 251 g/mol. The van der Waals surface area contributed by atoms with E-state index >= 15 is 0 Å². The number of halogens is 1. The van der Waals surface area contributed by atoms with Crippen molar-refractivity contribution in [3.63, 3.8) is 0 Å². The summed E-state index contributed by atoms with van der Waals surface area (Å²) in [4.78, 5) is 3.80. The Balaban J connectivity index is 2.85. The van der Waals surface area contributed by atoms with Gasteiger partial charge in [0.05, 0.1) is 11.9 Å². The van der Waals surface area contributed by atoms with Gasteiger partial charge in [-0.3, -0.25) is 4.72 Å². The molecule has 0 spiro atoms. The standard InChI is InChI=1S/C5H6BrN3O2S/c6-5-2-1-4(3-8-5)9-12(7,10)11/h1-3,9H,(H2,7,10,11). The van der Waals surface area contributed by atoms with Crippen molar-refractivity contribution in [1.82, 2.24) is 4.98 Å². The predicted octanol–water partition coefficient (Wildman–Crippen LogP) is 0.460. The average Bonchev–Trinajstić information content (AvgIpc) is 1.91. The summed E-state index contributed by atoms with van der Waals surface area (Å²) in [7, 11) is -3.70. The highest BCUT2D eigenvalue weighted by Gasteiger charge is 2.00. The van der Waals surface area contributed by atoms with E-state index in [4.69, 9.17) is 5.14 Å². The van der Waals surface area contributed by atoms with Crippen molar-refractivity contribution in [3.8, 4) is 0 Å². The van der Waals surface area contributed by atoms with Crippen LogP contribution in [-0.4, -0.2) is 13.4 Å². The Kier molecular flexibility index (Phi) is 2.65. The van der Waals surface area contributed by atoms with Crippen molar-refractivity contribution in [2.75, 3.05) is 4.72 Å². The van der Waals surface area contributed by atoms with E-state index in [1.54, 1.807) is 12.1 Å². The summed E-state index contributed by atoms with van der Waals surface area (Å²) in [6, 6.07) is 3.15. The van der Waals surface area contributed by atoms with Crippen LogP contribution in [0.15, 0.2) is 22.9 Å². The van der Waals surface area contributed by atoms with Crippen LogP contribution in [0.3, 0.4) is 0 Å². The summed E-state index contributed by atoms with van der Waals surface area (Å²) in [5.74, 6) is 0. The first-order valence-electron chi connectivity index (χ1n) is 2.89. The molecule has 0 bridgehead atoms. The molecule has 3 N–H and O–H groups in total. The van der Waals surface area contributed by atoms with Gasteiger partial charge in [0.2, 0.25) is 0 Å². The lowest BCUT2D eigenvalue weighted by atomic mass is 10.4. The van der Waals surface area contributed by atoms with E-state index in [0.29, 0.717) is 10.3 Å². The molecule has 0 aliphatic carbocycles. The molecule has 0 atom stereocenters. The second-order valence-electron chi connectivity index (χ2n) is 2.02. The lowest BCUT2D eigenvalue weighted by molar-refractivity contribution is 0.603. The van der Waals surface area contributed by atoms with Gasteiger partial charge in [-0.05, 0) is 28.1 Å². The molecule has 0 aromatic carbocycles. The molecule has 1 heterocycles. The zero-order valence-corrected chi connectivity index (χ0v) is 8.26. The van der Waals surface area contributed by atoms with Crippen molar-refractivity contribution in [2.24, 2.45) is 5.14 Å². The summed E-state index contributed by atoms with van der Waals surface area (Å²) in [5.41, 5.74) is 0.334. The van der Waals surface area contributed by atoms with Gasteiger partial charge in [-0.1, -0.05) is 0 Å². The van der Waals surface area contributed by atoms with Crippen molar-refractivity contribution >= 4 is 31.8 Å². The number of hydrogen-bond donors (Lipinski definition) is 2. The molecule has 7 heteroatoms. The lowest BCUT2D eigenvalue weighted by Crippen LogP contribution is -2.21. The second-order valence-corrected chi connectivity index (χ2v) is 4.12. The largest absolute Gasteiger partial charge is 0.296 e. The maximum atomic E-state index is 10.5. The number of rotatable bonds is 2.